The van der Waals surface area contributed by atoms with Gasteiger partial charge >= 0.3 is 0 Å². The first-order chi connectivity index (χ1) is 8.61. The number of carbonyl (C=O) groups excluding carboxylic acids is 1. The van der Waals surface area contributed by atoms with E-state index in [1.54, 1.807) is 0 Å². The second-order valence-electron chi connectivity index (χ2n) is 4.02. The zero-order valence-corrected chi connectivity index (χ0v) is 14.3. The minimum atomic E-state index is 0.0393. The quantitative estimate of drug-likeness (QED) is 0.658. The molecule has 1 aromatic carbocycles. The van der Waals surface area contributed by atoms with Crippen LogP contribution in [0.2, 0.25) is 0 Å². The first-order valence-electron chi connectivity index (χ1n) is 5.53. The molecule has 1 aromatic rings. The van der Waals surface area contributed by atoms with Crippen LogP contribution in [0.25, 0.3) is 0 Å². The number of morpholine rings is 1. The molecule has 0 saturated carbocycles. The molecule has 6 heteroatoms. The standard InChI is InChI=1S/C12H12Br3NO2/c13-6-9-7-16(3-4-18-9)12(17)10-5-8(14)1-2-11(10)15/h1-2,5,9H,3-4,6-7H2. The zero-order valence-electron chi connectivity index (χ0n) is 9.54. The number of halogens is 3. The van der Waals surface area contributed by atoms with Gasteiger partial charge in [0.15, 0.2) is 0 Å². The van der Waals surface area contributed by atoms with Crippen molar-refractivity contribution in [2.24, 2.45) is 0 Å². The molecule has 1 aliphatic heterocycles. The third-order valence-electron chi connectivity index (χ3n) is 2.76. The third-order valence-corrected chi connectivity index (χ3v) is 4.66. The lowest BCUT2D eigenvalue weighted by Crippen LogP contribution is -2.46. The molecule has 18 heavy (non-hydrogen) atoms. The van der Waals surface area contributed by atoms with Gasteiger partial charge in [-0.2, -0.15) is 0 Å². The van der Waals surface area contributed by atoms with Gasteiger partial charge in [0.1, 0.15) is 0 Å². The summed E-state index contributed by atoms with van der Waals surface area (Å²) in [5.41, 5.74) is 0.680. The highest BCUT2D eigenvalue weighted by atomic mass is 79.9. The number of amides is 1. The number of carbonyl (C=O) groups is 1. The van der Waals surface area contributed by atoms with E-state index in [9.17, 15) is 4.79 Å². The lowest BCUT2D eigenvalue weighted by atomic mass is 10.2. The number of alkyl halides is 1. The fourth-order valence-corrected chi connectivity index (χ4v) is 3.00. The highest BCUT2D eigenvalue weighted by molar-refractivity contribution is 9.11. The molecule has 98 valence electrons. The second-order valence-corrected chi connectivity index (χ2v) is 6.44. The highest BCUT2D eigenvalue weighted by Gasteiger charge is 2.25. The third kappa shape index (κ3) is 3.35. The van der Waals surface area contributed by atoms with Crippen LogP contribution in [0.1, 0.15) is 10.4 Å². The van der Waals surface area contributed by atoms with Gasteiger partial charge in [0.2, 0.25) is 0 Å². The minimum Gasteiger partial charge on any atom is -0.374 e. The summed E-state index contributed by atoms with van der Waals surface area (Å²) >= 11 is 10.2. The van der Waals surface area contributed by atoms with Crippen molar-refractivity contribution in [3.05, 3.63) is 32.7 Å². The molecule has 0 aromatic heterocycles. The van der Waals surface area contributed by atoms with Crippen molar-refractivity contribution in [1.82, 2.24) is 4.90 Å². The second kappa shape index (κ2) is 6.50. The predicted octanol–water partition coefficient (Wildman–Crippen LogP) is 3.45. The molecular weight excluding hydrogens is 430 g/mol. The molecule has 1 aliphatic rings. The molecule has 0 spiro atoms. The van der Waals surface area contributed by atoms with Gasteiger partial charge < -0.3 is 9.64 Å². The van der Waals surface area contributed by atoms with Crippen molar-refractivity contribution >= 4 is 53.7 Å². The Morgan fingerprint density at radius 3 is 2.94 bits per heavy atom. The van der Waals surface area contributed by atoms with Gasteiger partial charge in [0.05, 0.1) is 18.3 Å². The highest BCUT2D eigenvalue weighted by Crippen LogP contribution is 2.23. The predicted molar refractivity (Wildman–Crippen MR) is 81.3 cm³/mol. The number of hydrogen-bond acceptors (Lipinski definition) is 2. The van der Waals surface area contributed by atoms with Gasteiger partial charge in [0, 0.05) is 27.4 Å². The van der Waals surface area contributed by atoms with E-state index in [2.05, 4.69) is 47.8 Å². The number of benzene rings is 1. The molecule has 1 amide bonds. The van der Waals surface area contributed by atoms with Crippen LogP contribution in [-0.4, -0.2) is 41.9 Å². The van der Waals surface area contributed by atoms with Crippen molar-refractivity contribution in [1.29, 1.82) is 0 Å². The van der Waals surface area contributed by atoms with Crippen LogP contribution in [0.4, 0.5) is 0 Å². The largest absolute Gasteiger partial charge is 0.374 e. The lowest BCUT2D eigenvalue weighted by molar-refractivity contribution is -0.00968. The summed E-state index contributed by atoms with van der Waals surface area (Å²) in [4.78, 5) is 14.3. The summed E-state index contributed by atoms with van der Waals surface area (Å²) in [7, 11) is 0. The summed E-state index contributed by atoms with van der Waals surface area (Å²) in [6, 6.07) is 5.62. The molecule has 3 nitrogen and oxygen atoms in total. The number of hydrogen-bond donors (Lipinski definition) is 0. The van der Waals surface area contributed by atoms with Crippen LogP contribution in [-0.2, 0) is 4.74 Å². The molecule has 2 rings (SSSR count). The summed E-state index contributed by atoms with van der Waals surface area (Å²) in [5, 5.41) is 0.746. The Labute approximate surface area is 131 Å². The maximum atomic E-state index is 12.4. The Morgan fingerprint density at radius 1 is 1.44 bits per heavy atom. The Bertz CT molecular complexity index is 453. The summed E-state index contributed by atoms with van der Waals surface area (Å²) < 4.78 is 7.25. The van der Waals surface area contributed by atoms with Crippen LogP contribution < -0.4 is 0 Å². The Kier molecular flexibility index (Phi) is 5.24. The molecular formula is C12H12Br3NO2. The van der Waals surface area contributed by atoms with E-state index in [1.807, 2.05) is 23.1 Å². The normalized spacial score (nSPS) is 19.9. The summed E-state index contributed by atoms with van der Waals surface area (Å²) in [5.74, 6) is 0.0393. The van der Waals surface area contributed by atoms with Gasteiger partial charge in [-0.1, -0.05) is 31.9 Å². The van der Waals surface area contributed by atoms with Crippen LogP contribution in [0.3, 0.4) is 0 Å². The van der Waals surface area contributed by atoms with E-state index in [0.29, 0.717) is 25.3 Å². The molecule has 0 aliphatic carbocycles. The Hall–Kier alpha value is 0.0900. The van der Waals surface area contributed by atoms with Crippen LogP contribution in [0.5, 0.6) is 0 Å². The van der Waals surface area contributed by atoms with Gasteiger partial charge in [0.25, 0.3) is 5.91 Å². The lowest BCUT2D eigenvalue weighted by Gasteiger charge is -2.32. The van der Waals surface area contributed by atoms with E-state index in [4.69, 9.17) is 4.74 Å². The van der Waals surface area contributed by atoms with Crippen molar-refractivity contribution < 1.29 is 9.53 Å². The molecule has 0 radical (unpaired) electrons. The summed E-state index contributed by atoms with van der Waals surface area (Å²) in [6.07, 6.45) is 0.0774. The SMILES string of the molecule is O=C(c1cc(Br)ccc1Br)N1CCOC(CBr)C1. The van der Waals surface area contributed by atoms with Gasteiger partial charge in [-0.25, -0.2) is 0 Å². The van der Waals surface area contributed by atoms with Gasteiger partial charge in [-0.15, -0.1) is 0 Å². The molecule has 1 unspecified atom stereocenters. The monoisotopic (exact) mass is 439 g/mol. The fraction of sp³-hybridized carbons (Fsp3) is 0.417. The van der Waals surface area contributed by atoms with Crippen molar-refractivity contribution in [3.63, 3.8) is 0 Å². The molecule has 1 saturated heterocycles. The molecule has 1 fully saturated rings. The van der Waals surface area contributed by atoms with E-state index < -0.39 is 0 Å². The van der Waals surface area contributed by atoms with Crippen LogP contribution >= 0.6 is 47.8 Å². The first kappa shape index (κ1) is 14.5. The number of nitrogens with zero attached hydrogens (tertiary/aromatic N) is 1. The maximum absolute atomic E-state index is 12.4. The average molecular weight is 442 g/mol. The van der Waals surface area contributed by atoms with Crippen LogP contribution in [0, 0.1) is 0 Å². The van der Waals surface area contributed by atoms with Gasteiger partial charge in [-0.05, 0) is 34.1 Å². The van der Waals surface area contributed by atoms with Gasteiger partial charge in [-0.3, -0.25) is 4.79 Å². The number of rotatable bonds is 2. The average Bonchev–Trinajstić information content (AvgIpc) is 2.41. The zero-order chi connectivity index (χ0) is 13.1. The van der Waals surface area contributed by atoms with E-state index >= 15 is 0 Å². The van der Waals surface area contributed by atoms with E-state index in [-0.39, 0.29) is 12.0 Å². The number of ether oxygens (including phenoxy) is 1. The summed E-state index contributed by atoms with van der Waals surface area (Å²) in [6.45, 7) is 1.86. The molecule has 1 heterocycles. The first-order valence-corrected chi connectivity index (χ1v) is 8.24. The molecule has 0 N–H and O–H groups in total. The molecule has 0 bridgehead atoms. The van der Waals surface area contributed by atoms with Crippen molar-refractivity contribution in [3.8, 4) is 0 Å². The Morgan fingerprint density at radius 2 is 2.22 bits per heavy atom. The van der Waals surface area contributed by atoms with E-state index in [1.165, 1.54) is 0 Å². The fourth-order valence-electron chi connectivity index (χ4n) is 1.83. The van der Waals surface area contributed by atoms with Crippen LogP contribution in [0.15, 0.2) is 27.1 Å². The van der Waals surface area contributed by atoms with E-state index in [0.717, 1.165) is 14.3 Å². The smallest absolute Gasteiger partial charge is 0.255 e. The maximum Gasteiger partial charge on any atom is 0.255 e. The Balaban J connectivity index is 2.17. The molecule has 1 atom stereocenters. The van der Waals surface area contributed by atoms with Crippen molar-refractivity contribution in [2.75, 3.05) is 25.0 Å². The topological polar surface area (TPSA) is 29.5 Å². The minimum absolute atomic E-state index is 0.0393. The van der Waals surface area contributed by atoms with Crippen molar-refractivity contribution in [2.45, 2.75) is 6.10 Å².